The standard InChI is InChI=1S/C24H24FN5O3S/c1-14-3-6-16(11-18(14)25)24(22-26-13-27-34-22)9-10-30(12-24)23(32)29-20-17(21(31)33-2)7-8-19(28-20)15-4-5-15/h3,6-8,11,13,15H,4-5,9-10,12H2,1-2H3,(H,28,29,32)/t24-/m0/s1. The van der Waals surface area contributed by atoms with Crippen molar-refractivity contribution in [2.75, 3.05) is 25.5 Å². The van der Waals surface area contributed by atoms with Crippen molar-refractivity contribution in [3.05, 3.63) is 69.9 Å². The Labute approximate surface area is 200 Å². The summed E-state index contributed by atoms with van der Waals surface area (Å²) in [7, 11) is 1.29. The molecule has 8 nitrogen and oxygen atoms in total. The summed E-state index contributed by atoms with van der Waals surface area (Å²) in [4.78, 5) is 36.2. The number of aryl methyl sites for hydroxylation is 1. The lowest BCUT2D eigenvalue weighted by atomic mass is 9.80. The van der Waals surface area contributed by atoms with E-state index in [1.165, 1.54) is 31.0 Å². The van der Waals surface area contributed by atoms with Gasteiger partial charge in [-0.3, -0.25) is 5.32 Å². The van der Waals surface area contributed by atoms with Crippen molar-refractivity contribution < 1.29 is 18.7 Å². The fourth-order valence-corrected chi connectivity index (χ4v) is 5.17. The zero-order chi connectivity index (χ0) is 23.9. The van der Waals surface area contributed by atoms with Gasteiger partial charge in [0.2, 0.25) is 0 Å². The van der Waals surface area contributed by atoms with E-state index in [-0.39, 0.29) is 23.2 Å². The molecule has 34 heavy (non-hydrogen) atoms. The zero-order valence-electron chi connectivity index (χ0n) is 18.9. The molecule has 2 amide bonds. The summed E-state index contributed by atoms with van der Waals surface area (Å²) in [5.74, 6) is -0.315. The number of benzene rings is 1. The number of pyridine rings is 1. The number of carbonyl (C=O) groups excluding carboxylic acids is 2. The minimum absolute atomic E-state index is 0.191. The van der Waals surface area contributed by atoms with E-state index in [1.54, 1.807) is 24.0 Å². The predicted molar refractivity (Wildman–Crippen MR) is 125 cm³/mol. The third kappa shape index (κ3) is 4.02. The van der Waals surface area contributed by atoms with Gasteiger partial charge in [-0.15, -0.1) is 0 Å². The first kappa shape index (κ1) is 22.4. The third-order valence-corrected chi connectivity index (χ3v) is 7.46. The van der Waals surface area contributed by atoms with Crippen LogP contribution < -0.4 is 5.32 Å². The number of nitrogens with zero attached hydrogens (tertiary/aromatic N) is 4. The average molecular weight is 482 g/mol. The van der Waals surface area contributed by atoms with Crippen LogP contribution in [0.4, 0.5) is 15.0 Å². The monoisotopic (exact) mass is 481 g/mol. The summed E-state index contributed by atoms with van der Waals surface area (Å²) in [6.45, 7) is 2.44. The van der Waals surface area contributed by atoms with E-state index in [2.05, 4.69) is 19.7 Å². The summed E-state index contributed by atoms with van der Waals surface area (Å²) >= 11 is 1.25. The number of hydrogen-bond donors (Lipinski definition) is 1. The molecule has 1 atom stereocenters. The number of amides is 2. The van der Waals surface area contributed by atoms with E-state index >= 15 is 0 Å². The molecule has 0 spiro atoms. The first-order valence-corrected chi connectivity index (χ1v) is 11.9. The Morgan fingerprint density at radius 1 is 1.26 bits per heavy atom. The second kappa shape index (κ2) is 8.75. The number of ether oxygens (including phenoxy) is 1. The second-order valence-corrected chi connectivity index (χ2v) is 9.57. The third-order valence-electron chi connectivity index (χ3n) is 6.59. The molecule has 1 aliphatic carbocycles. The molecule has 176 valence electrons. The van der Waals surface area contributed by atoms with Gasteiger partial charge >= 0.3 is 12.0 Å². The molecule has 3 heterocycles. The smallest absolute Gasteiger partial charge is 0.341 e. The van der Waals surface area contributed by atoms with Crippen molar-refractivity contribution in [1.82, 2.24) is 19.2 Å². The Morgan fingerprint density at radius 2 is 2.09 bits per heavy atom. The Kier molecular flexibility index (Phi) is 5.76. The van der Waals surface area contributed by atoms with Gasteiger partial charge in [0.15, 0.2) is 0 Å². The number of rotatable bonds is 5. The number of anilines is 1. The van der Waals surface area contributed by atoms with Crippen molar-refractivity contribution >= 4 is 29.4 Å². The Morgan fingerprint density at radius 3 is 2.76 bits per heavy atom. The summed E-state index contributed by atoms with van der Waals surface area (Å²) in [6, 6.07) is 8.22. The number of esters is 1. The van der Waals surface area contributed by atoms with Crippen LogP contribution in [0.15, 0.2) is 36.7 Å². The van der Waals surface area contributed by atoms with Crippen LogP contribution >= 0.6 is 11.5 Å². The molecule has 3 aromatic rings. The van der Waals surface area contributed by atoms with Crippen LogP contribution in [0.5, 0.6) is 0 Å². The molecule has 0 radical (unpaired) electrons. The fourth-order valence-electron chi connectivity index (χ4n) is 4.42. The van der Waals surface area contributed by atoms with Gasteiger partial charge in [0, 0.05) is 24.7 Å². The normalized spacial score (nSPS) is 19.8. The molecule has 5 rings (SSSR count). The lowest BCUT2D eigenvalue weighted by Crippen LogP contribution is -2.38. The summed E-state index contributed by atoms with van der Waals surface area (Å²) in [6.07, 6.45) is 4.13. The van der Waals surface area contributed by atoms with Gasteiger partial charge < -0.3 is 9.64 Å². The zero-order valence-corrected chi connectivity index (χ0v) is 19.7. The second-order valence-electron chi connectivity index (χ2n) is 8.79. The molecule has 0 bridgehead atoms. The van der Waals surface area contributed by atoms with Crippen LogP contribution in [-0.4, -0.2) is 51.4 Å². The highest BCUT2D eigenvalue weighted by Crippen LogP contribution is 2.42. The maximum atomic E-state index is 14.5. The Bertz CT molecular complexity index is 1250. The maximum absolute atomic E-state index is 14.5. The molecule has 1 N–H and O–H groups in total. The minimum atomic E-state index is -0.665. The van der Waals surface area contributed by atoms with Crippen molar-refractivity contribution in [1.29, 1.82) is 0 Å². The molecular formula is C24H24FN5O3S. The number of methoxy groups -OCH3 is 1. The van der Waals surface area contributed by atoms with Crippen LogP contribution in [0.1, 0.15) is 57.4 Å². The topological polar surface area (TPSA) is 97.3 Å². The summed E-state index contributed by atoms with van der Waals surface area (Å²) in [5.41, 5.74) is 1.70. The van der Waals surface area contributed by atoms with E-state index in [4.69, 9.17) is 4.74 Å². The molecule has 1 saturated carbocycles. The first-order valence-electron chi connectivity index (χ1n) is 11.1. The van der Waals surface area contributed by atoms with Gasteiger partial charge in [0.25, 0.3) is 0 Å². The van der Waals surface area contributed by atoms with Crippen LogP contribution in [0.2, 0.25) is 0 Å². The lowest BCUT2D eigenvalue weighted by molar-refractivity contribution is 0.0601. The molecule has 1 saturated heterocycles. The number of likely N-dealkylation sites (tertiary alicyclic amines) is 1. The molecule has 10 heteroatoms. The number of halogens is 1. The highest BCUT2D eigenvalue weighted by atomic mass is 32.1. The number of hydrogen-bond acceptors (Lipinski definition) is 7. The van der Waals surface area contributed by atoms with Gasteiger partial charge in [-0.1, -0.05) is 12.1 Å². The molecule has 0 unspecified atom stereocenters. The molecule has 1 aromatic carbocycles. The highest BCUT2D eigenvalue weighted by molar-refractivity contribution is 7.05. The van der Waals surface area contributed by atoms with Gasteiger partial charge in [0.1, 0.15) is 28.5 Å². The summed E-state index contributed by atoms with van der Waals surface area (Å²) in [5, 5.41) is 3.55. The lowest BCUT2D eigenvalue weighted by Gasteiger charge is -2.28. The van der Waals surface area contributed by atoms with Crippen LogP contribution in [0, 0.1) is 12.7 Å². The summed E-state index contributed by atoms with van der Waals surface area (Å²) < 4.78 is 23.5. The van der Waals surface area contributed by atoms with E-state index < -0.39 is 11.4 Å². The SMILES string of the molecule is COC(=O)c1ccc(C2CC2)nc1NC(=O)N1CC[C@](c2ccc(C)c(F)c2)(c2ncns2)C1. The van der Waals surface area contributed by atoms with Gasteiger partial charge in [-0.25, -0.2) is 23.9 Å². The van der Waals surface area contributed by atoms with Crippen molar-refractivity contribution in [3.63, 3.8) is 0 Å². The average Bonchev–Trinajstić information content (AvgIpc) is 3.34. The molecule has 2 fully saturated rings. The van der Waals surface area contributed by atoms with Gasteiger partial charge in [-0.2, -0.15) is 4.37 Å². The van der Waals surface area contributed by atoms with E-state index in [0.29, 0.717) is 31.0 Å². The molecule has 1 aliphatic heterocycles. The number of aromatic nitrogens is 3. The number of carbonyl (C=O) groups is 2. The maximum Gasteiger partial charge on any atom is 0.341 e. The molecular weight excluding hydrogens is 457 g/mol. The number of nitrogens with one attached hydrogen (secondary N) is 1. The first-order chi connectivity index (χ1) is 16.4. The van der Waals surface area contributed by atoms with E-state index in [0.717, 1.165) is 29.1 Å². The van der Waals surface area contributed by atoms with E-state index in [1.807, 2.05) is 12.1 Å². The quantitative estimate of drug-likeness (QED) is 0.547. The predicted octanol–water partition coefficient (Wildman–Crippen LogP) is 4.27. The van der Waals surface area contributed by atoms with Gasteiger partial charge in [-0.05, 0) is 67.0 Å². The van der Waals surface area contributed by atoms with Gasteiger partial charge in [0.05, 0.1) is 12.5 Å². The highest BCUT2D eigenvalue weighted by Gasteiger charge is 2.45. The van der Waals surface area contributed by atoms with Crippen LogP contribution in [0.3, 0.4) is 0 Å². The molecule has 2 aliphatic rings. The number of urea groups is 1. The molecule has 2 aromatic heterocycles. The largest absolute Gasteiger partial charge is 0.465 e. The minimum Gasteiger partial charge on any atom is -0.465 e. The van der Waals surface area contributed by atoms with Crippen LogP contribution in [0.25, 0.3) is 0 Å². The van der Waals surface area contributed by atoms with Crippen LogP contribution in [-0.2, 0) is 10.2 Å². The fraction of sp³-hybridized carbons (Fsp3) is 0.375. The van der Waals surface area contributed by atoms with Crippen molar-refractivity contribution in [3.8, 4) is 0 Å². The van der Waals surface area contributed by atoms with E-state index in [9.17, 15) is 14.0 Å². The van der Waals surface area contributed by atoms with Crippen molar-refractivity contribution in [2.45, 2.75) is 37.5 Å². The Balaban J connectivity index is 1.43. The van der Waals surface area contributed by atoms with Crippen molar-refractivity contribution in [2.24, 2.45) is 0 Å². The Hall–Kier alpha value is -3.40.